The highest BCUT2D eigenvalue weighted by Gasteiger charge is 2.42. The Bertz CT molecular complexity index is 327. The number of hydrogen-bond donors (Lipinski definition) is 1. The first-order valence-corrected chi connectivity index (χ1v) is 7.26. The second-order valence-electron chi connectivity index (χ2n) is 6.55. The fraction of sp³-hybridized carbons (Fsp3) is 0.857. The van der Waals surface area contributed by atoms with E-state index in [1.807, 2.05) is 13.8 Å². The maximum absolute atomic E-state index is 10.2. The van der Waals surface area contributed by atoms with Crippen LogP contribution >= 0.6 is 0 Å². The van der Waals surface area contributed by atoms with Crippen molar-refractivity contribution in [3.63, 3.8) is 0 Å². The molecular formula is C14H24O3Si. The van der Waals surface area contributed by atoms with Gasteiger partial charge in [0.15, 0.2) is 0 Å². The van der Waals surface area contributed by atoms with Crippen LogP contribution in [0.1, 0.15) is 47.5 Å². The lowest BCUT2D eigenvalue weighted by Gasteiger charge is -2.42. The van der Waals surface area contributed by atoms with Gasteiger partial charge in [0.25, 0.3) is 0 Å². The molecule has 2 atom stereocenters. The minimum Gasteiger partial charge on any atom is -0.409 e. The number of aliphatic hydroxyl groups is 1. The molecular weight excluding hydrogens is 244 g/mol. The number of rotatable bonds is 3. The first kappa shape index (κ1) is 15.7. The zero-order valence-electron chi connectivity index (χ0n) is 12.0. The largest absolute Gasteiger partial charge is 0.409 e. The molecule has 1 N–H and O–H groups in total. The van der Waals surface area contributed by atoms with Gasteiger partial charge in [-0.3, -0.25) is 0 Å². The molecule has 2 radical (unpaired) electrons. The summed E-state index contributed by atoms with van der Waals surface area (Å²) in [7, 11) is 0.387. The van der Waals surface area contributed by atoms with Gasteiger partial charge >= 0.3 is 0 Å². The summed E-state index contributed by atoms with van der Waals surface area (Å²) in [5, 5.41) is 10.3. The molecule has 0 bridgehead atoms. The molecule has 1 aliphatic heterocycles. The summed E-state index contributed by atoms with van der Waals surface area (Å²) in [5.41, 5.74) is -1.48. The normalized spacial score (nSPS) is 29.9. The Labute approximate surface area is 113 Å². The molecule has 0 aromatic carbocycles. The Morgan fingerprint density at radius 1 is 1.39 bits per heavy atom. The summed E-state index contributed by atoms with van der Waals surface area (Å²) < 4.78 is 11.7. The number of ether oxygens (including phenoxy) is 1. The van der Waals surface area contributed by atoms with Crippen LogP contribution in [0, 0.1) is 12.3 Å². The van der Waals surface area contributed by atoms with E-state index >= 15 is 0 Å². The Morgan fingerprint density at radius 2 is 2.00 bits per heavy atom. The molecule has 0 amide bonds. The summed E-state index contributed by atoms with van der Waals surface area (Å²) in [6.07, 6.45) is 6.16. The zero-order chi connectivity index (χ0) is 14.0. The fourth-order valence-electron chi connectivity index (χ4n) is 1.77. The highest BCUT2D eigenvalue weighted by Crippen LogP contribution is 2.33. The van der Waals surface area contributed by atoms with E-state index in [1.54, 1.807) is 0 Å². The number of terminal acetylenes is 1. The van der Waals surface area contributed by atoms with Gasteiger partial charge in [-0.15, -0.1) is 6.42 Å². The standard InChI is InChI=1S/C14H24O3Si/c1-7-14(15)8-9-16-11(10-14)13(5,6)17-18-12(2,3)4/h1,11,15H,8-10H2,2-6H3. The molecule has 4 heteroatoms. The van der Waals surface area contributed by atoms with Crippen LogP contribution in [-0.4, -0.2) is 38.8 Å². The summed E-state index contributed by atoms with van der Waals surface area (Å²) in [4.78, 5) is 0. The molecule has 1 fully saturated rings. The van der Waals surface area contributed by atoms with Crippen LogP contribution in [0.4, 0.5) is 0 Å². The summed E-state index contributed by atoms with van der Waals surface area (Å²) in [6, 6.07) is 0. The average molecular weight is 268 g/mol. The first-order chi connectivity index (χ1) is 8.08. The van der Waals surface area contributed by atoms with Gasteiger partial charge in [-0.2, -0.15) is 0 Å². The van der Waals surface area contributed by atoms with Crippen molar-refractivity contribution in [1.82, 2.24) is 0 Å². The summed E-state index contributed by atoms with van der Waals surface area (Å²) >= 11 is 0. The van der Waals surface area contributed by atoms with Crippen molar-refractivity contribution in [3.8, 4) is 12.3 Å². The molecule has 18 heavy (non-hydrogen) atoms. The molecule has 0 aromatic heterocycles. The molecule has 1 heterocycles. The van der Waals surface area contributed by atoms with Crippen LogP contribution in [0.5, 0.6) is 0 Å². The molecule has 0 saturated carbocycles. The predicted molar refractivity (Wildman–Crippen MR) is 73.4 cm³/mol. The van der Waals surface area contributed by atoms with Crippen molar-refractivity contribution in [2.75, 3.05) is 6.61 Å². The number of hydrogen-bond acceptors (Lipinski definition) is 3. The second kappa shape index (κ2) is 5.34. The van der Waals surface area contributed by atoms with E-state index in [-0.39, 0.29) is 11.1 Å². The smallest absolute Gasteiger partial charge is 0.236 e. The zero-order valence-corrected chi connectivity index (χ0v) is 13.0. The van der Waals surface area contributed by atoms with Gasteiger partial charge < -0.3 is 14.3 Å². The van der Waals surface area contributed by atoms with Gasteiger partial charge in [-0.05, 0) is 18.9 Å². The third-order valence-electron chi connectivity index (χ3n) is 3.02. The van der Waals surface area contributed by atoms with Crippen molar-refractivity contribution in [1.29, 1.82) is 0 Å². The monoisotopic (exact) mass is 268 g/mol. The topological polar surface area (TPSA) is 38.7 Å². The van der Waals surface area contributed by atoms with Gasteiger partial charge in [-0.25, -0.2) is 0 Å². The van der Waals surface area contributed by atoms with Crippen LogP contribution in [0.2, 0.25) is 5.04 Å². The Kier molecular flexibility index (Phi) is 4.66. The molecule has 102 valence electrons. The van der Waals surface area contributed by atoms with E-state index in [0.717, 1.165) is 0 Å². The molecule has 0 aromatic rings. The molecule has 1 rings (SSSR count). The molecule has 0 aliphatic carbocycles. The summed E-state index contributed by atoms with van der Waals surface area (Å²) in [5.74, 6) is 2.48. The Hall–Kier alpha value is -0.343. The van der Waals surface area contributed by atoms with Crippen molar-refractivity contribution in [2.24, 2.45) is 0 Å². The van der Waals surface area contributed by atoms with Gasteiger partial charge in [0.1, 0.15) is 5.60 Å². The van der Waals surface area contributed by atoms with E-state index in [0.29, 0.717) is 29.2 Å². The third kappa shape index (κ3) is 4.40. The van der Waals surface area contributed by atoms with Crippen LogP contribution < -0.4 is 0 Å². The predicted octanol–water partition coefficient (Wildman–Crippen LogP) is 2.16. The molecule has 1 saturated heterocycles. The first-order valence-electron chi connectivity index (χ1n) is 6.35. The van der Waals surface area contributed by atoms with Gasteiger partial charge in [-0.1, -0.05) is 26.7 Å². The van der Waals surface area contributed by atoms with Crippen LogP contribution in [-0.2, 0) is 9.16 Å². The molecule has 3 nitrogen and oxygen atoms in total. The lowest BCUT2D eigenvalue weighted by Crippen LogP contribution is -2.51. The minimum atomic E-state index is -1.05. The third-order valence-corrected chi connectivity index (χ3v) is 4.26. The maximum Gasteiger partial charge on any atom is 0.236 e. The maximum atomic E-state index is 10.2. The SMILES string of the molecule is C#CC1(O)CCOC(C(C)(C)O[Si]C(C)(C)C)C1. The molecule has 2 unspecified atom stereocenters. The minimum absolute atomic E-state index is 0.133. The Balaban J connectivity index is 2.65. The Morgan fingerprint density at radius 3 is 2.50 bits per heavy atom. The quantitative estimate of drug-likeness (QED) is 0.630. The van der Waals surface area contributed by atoms with E-state index in [1.165, 1.54) is 0 Å². The van der Waals surface area contributed by atoms with E-state index in [4.69, 9.17) is 15.6 Å². The van der Waals surface area contributed by atoms with Crippen LogP contribution in [0.15, 0.2) is 0 Å². The van der Waals surface area contributed by atoms with Crippen molar-refractivity contribution < 1.29 is 14.3 Å². The lowest BCUT2D eigenvalue weighted by molar-refractivity contribution is -0.140. The highest BCUT2D eigenvalue weighted by molar-refractivity contribution is 6.31. The highest BCUT2D eigenvalue weighted by atomic mass is 28.2. The van der Waals surface area contributed by atoms with Crippen molar-refractivity contribution in [3.05, 3.63) is 0 Å². The van der Waals surface area contributed by atoms with E-state index in [2.05, 4.69) is 26.7 Å². The fourth-order valence-corrected chi connectivity index (χ4v) is 2.47. The van der Waals surface area contributed by atoms with Gasteiger partial charge in [0.2, 0.25) is 9.76 Å². The van der Waals surface area contributed by atoms with Gasteiger partial charge in [0, 0.05) is 12.8 Å². The lowest BCUT2D eigenvalue weighted by atomic mass is 9.85. The van der Waals surface area contributed by atoms with Crippen molar-refractivity contribution in [2.45, 2.75) is 69.8 Å². The molecule has 0 spiro atoms. The van der Waals surface area contributed by atoms with Gasteiger partial charge in [0.05, 0.1) is 18.3 Å². The van der Waals surface area contributed by atoms with E-state index in [9.17, 15) is 5.11 Å². The van der Waals surface area contributed by atoms with Crippen LogP contribution in [0.3, 0.4) is 0 Å². The average Bonchev–Trinajstić information content (AvgIpc) is 2.26. The van der Waals surface area contributed by atoms with E-state index < -0.39 is 11.2 Å². The summed E-state index contributed by atoms with van der Waals surface area (Å²) in [6.45, 7) is 10.9. The van der Waals surface area contributed by atoms with Crippen molar-refractivity contribution >= 4 is 9.76 Å². The van der Waals surface area contributed by atoms with Crippen LogP contribution in [0.25, 0.3) is 0 Å². The molecule has 1 aliphatic rings. The second-order valence-corrected chi connectivity index (χ2v) is 8.46.